The normalized spacial score (nSPS) is 10.5. The molecule has 0 radical (unpaired) electrons. The van der Waals surface area contributed by atoms with Gasteiger partial charge in [-0.3, -0.25) is 14.8 Å². The van der Waals surface area contributed by atoms with Gasteiger partial charge in [0.1, 0.15) is 0 Å². The first-order valence-corrected chi connectivity index (χ1v) is 6.57. The highest BCUT2D eigenvalue weighted by atomic mass is 16.1. The van der Waals surface area contributed by atoms with Crippen LogP contribution in [0.3, 0.4) is 0 Å². The first kappa shape index (κ1) is 13.2. The Morgan fingerprint density at radius 3 is 2.43 bits per heavy atom. The van der Waals surface area contributed by atoms with Gasteiger partial charge in [0, 0.05) is 30.2 Å². The van der Waals surface area contributed by atoms with Crippen molar-refractivity contribution in [1.82, 2.24) is 9.97 Å². The zero-order valence-electron chi connectivity index (χ0n) is 11.3. The van der Waals surface area contributed by atoms with E-state index < -0.39 is 0 Å². The maximum atomic E-state index is 12.2. The molecule has 0 spiro atoms. The fourth-order valence-corrected chi connectivity index (χ4v) is 2.04. The highest BCUT2D eigenvalue weighted by molar-refractivity contribution is 6.04. The predicted molar refractivity (Wildman–Crippen MR) is 81.8 cm³/mol. The number of nitrogens with zero attached hydrogens (tertiary/aromatic N) is 2. The van der Waals surface area contributed by atoms with E-state index in [4.69, 9.17) is 5.73 Å². The van der Waals surface area contributed by atoms with Gasteiger partial charge in [-0.15, -0.1) is 0 Å². The standard InChI is InChI=1S/C16H14N4O/c17-10-11-1-3-12(4-2-11)16(21)20-13-5-6-14-15(9-13)19-8-7-18-14/h1-9H,10,17H2,(H,20,21). The van der Waals surface area contributed by atoms with Crippen LogP contribution in [-0.4, -0.2) is 15.9 Å². The molecule has 21 heavy (non-hydrogen) atoms. The molecule has 0 saturated carbocycles. The molecule has 2 aromatic carbocycles. The lowest BCUT2D eigenvalue weighted by molar-refractivity contribution is 0.102. The van der Waals surface area contributed by atoms with E-state index in [-0.39, 0.29) is 5.91 Å². The predicted octanol–water partition coefficient (Wildman–Crippen LogP) is 2.34. The highest BCUT2D eigenvalue weighted by Gasteiger charge is 2.06. The monoisotopic (exact) mass is 278 g/mol. The van der Waals surface area contributed by atoms with Crippen molar-refractivity contribution in [2.75, 3.05) is 5.32 Å². The van der Waals surface area contributed by atoms with E-state index in [2.05, 4.69) is 15.3 Å². The Morgan fingerprint density at radius 2 is 1.71 bits per heavy atom. The van der Waals surface area contributed by atoms with Gasteiger partial charge < -0.3 is 11.1 Å². The largest absolute Gasteiger partial charge is 0.326 e. The number of hydrogen-bond donors (Lipinski definition) is 2. The summed E-state index contributed by atoms with van der Waals surface area (Å²) in [5.74, 6) is -0.165. The van der Waals surface area contributed by atoms with E-state index in [0.717, 1.165) is 16.6 Å². The minimum absolute atomic E-state index is 0.165. The first-order chi connectivity index (χ1) is 10.3. The number of nitrogens with two attached hydrogens (primary N) is 1. The van der Waals surface area contributed by atoms with E-state index in [0.29, 0.717) is 17.8 Å². The van der Waals surface area contributed by atoms with Gasteiger partial charge in [-0.25, -0.2) is 0 Å². The molecule has 1 amide bonds. The van der Waals surface area contributed by atoms with Crippen molar-refractivity contribution in [2.45, 2.75) is 6.54 Å². The van der Waals surface area contributed by atoms with Crippen LogP contribution in [-0.2, 0) is 6.54 Å². The van der Waals surface area contributed by atoms with Crippen LogP contribution in [0.4, 0.5) is 5.69 Å². The summed E-state index contributed by atoms with van der Waals surface area (Å²) in [6.45, 7) is 0.464. The molecular weight excluding hydrogens is 264 g/mol. The molecule has 3 rings (SSSR count). The van der Waals surface area contributed by atoms with Gasteiger partial charge in [-0.05, 0) is 35.9 Å². The fraction of sp³-hybridized carbons (Fsp3) is 0.0625. The molecule has 1 aromatic heterocycles. The van der Waals surface area contributed by atoms with Gasteiger partial charge >= 0.3 is 0 Å². The van der Waals surface area contributed by atoms with Crippen LogP contribution in [0.2, 0.25) is 0 Å². The van der Waals surface area contributed by atoms with E-state index in [9.17, 15) is 4.79 Å². The lowest BCUT2D eigenvalue weighted by Gasteiger charge is -2.06. The molecule has 0 fully saturated rings. The Hall–Kier alpha value is -2.79. The van der Waals surface area contributed by atoms with Crippen molar-refractivity contribution in [3.63, 3.8) is 0 Å². The molecule has 5 heteroatoms. The smallest absolute Gasteiger partial charge is 0.255 e. The average molecular weight is 278 g/mol. The zero-order valence-corrected chi connectivity index (χ0v) is 11.3. The second-order valence-corrected chi connectivity index (χ2v) is 4.62. The second-order valence-electron chi connectivity index (χ2n) is 4.62. The minimum Gasteiger partial charge on any atom is -0.326 e. The van der Waals surface area contributed by atoms with Crippen LogP contribution in [0.15, 0.2) is 54.9 Å². The van der Waals surface area contributed by atoms with Crippen molar-refractivity contribution >= 4 is 22.6 Å². The molecule has 3 aromatic rings. The molecule has 0 unspecified atom stereocenters. The van der Waals surface area contributed by atoms with E-state index in [1.165, 1.54) is 0 Å². The molecule has 0 saturated heterocycles. The van der Waals surface area contributed by atoms with Gasteiger partial charge in [-0.1, -0.05) is 12.1 Å². The molecule has 0 aliphatic heterocycles. The van der Waals surface area contributed by atoms with E-state index >= 15 is 0 Å². The van der Waals surface area contributed by atoms with Crippen molar-refractivity contribution in [3.8, 4) is 0 Å². The van der Waals surface area contributed by atoms with Gasteiger partial charge in [0.2, 0.25) is 0 Å². The quantitative estimate of drug-likeness (QED) is 0.770. The fourth-order valence-electron chi connectivity index (χ4n) is 2.04. The number of anilines is 1. The molecule has 0 bridgehead atoms. The third-order valence-corrected chi connectivity index (χ3v) is 3.18. The van der Waals surface area contributed by atoms with E-state index in [1.54, 1.807) is 30.6 Å². The number of aromatic nitrogens is 2. The number of nitrogens with one attached hydrogen (secondary N) is 1. The summed E-state index contributed by atoms with van der Waals surface area (Å²) in [7, 11) is 0. The van der Waals surface area contributed by atoms with Crippen LogP contribution in [0, 0.1) is 0 Å². The Morgan fingerprint density at radius 1 is 1.00 bits per heavy atom. The maximum Gasteiger partial charge on any atom is 0.255 e. The van der Waals surface area contributed by atoms with Crippen LogP contribution in [0.5, 0.6) is 0 Å². The average Bonchev–Trinajstić information content (AvgIpc) is 2.55. The van der Waals surface area contributed by atoms with E-state index in [1.807, 2.05) is 24.3 Å². The molecule has 0 aliphatic carbocycles. The minimum atomic E-state index is -0.165. The summed E-state index contributed by atoms with van der Waals surface area (Å²) in [5.41, 5.74) is 9.35. The van der Waals surface area contributed by atoms with Crippen LogP contribution >= 0.6 is 0 Å². The van der Waals surface area contributed by atoms with Crippen molar-refractivity contribution < 1.29 is 4.79 Å². The number of benzene rings is 2. The number of carbonyl (C=O) groups excluding carboxylic acids is 1. The zero-order chi connectivity index (χ0) is 14.7. The molecule has 0 atom stereocenters. The summed E-state index contributed by atoms with van der Waals surface area (Å²) < 4.78 is 0. The number of fused-ring (bicyclic) bond motifs is 1. The van der Waals surface area contributed by atoms with Crippen LogP contribution in [0.25, 0.3) is 11.0 Å². The highest BCUT2D eigenvalue weighted by Crippen LogP contribution is 2.16. The molecular formula is C16H14N4O. The molecule has 0 aliphatic rings. The lowest BCUT2D eigenvalue weighted by atomic mass is 10.1. The number of hydrogen-bond acceptors (Lipinski definition) is 4. The summed E-state index contributed by atoms with van der Waals surface area (Å²) in [6, 6.07) is 12.7. The van der Waals surface area contributed by atoms with Crippen LogP contribution in [0.1, 0.15) is 15.9 Å². The van der Waals surface area contributed by atoms with Gasteiger partial charge in [-0.2, -0.15) is 0 Å². The lowest BCUT2D eigenvalue weighted by Crippen LogP contribution is -2.12. The third-order valence-electron chi connectivity index (χ3n) is 3.18. The maximum absolute atomic E-state index is 12.2. The first-order valence-electron chi connectivity index (χ1n) is 6.57. The number of rotatable bonds is 3. The number of carbonyl (C=O) groups is 1. The second kappa shape index (κ2) is 5.68. The van der Waals surface area contributed by atoms with Crippen molar-refractivity contribution in [2.24, 2.45) is 5.73 Å². The third kappa shape index (κ3) is 2.88. The molecule has 1 heterocycles. The Kier molecular flexibility index (Phi) is 3.57. The van der Waals surface area contributed by atoms with Crippen molar-refractivity contribution in [1.29, 1.82) is 0 Å². The van der Waals surface area contributed by atoms with Gasteiger partial charge in [0.25, 0.3) is 5.91 Å². The van der Waals surface area contributed by atoms with Crippen LogP contribution < -0.4 is 11.1 Å². The summed E-state index contributed by atoms with van der Waals surface area (Å²) >= 11 is 0. The van der Waals surface area contributed by atoms with Crippen molar-refractivity contribution in [3.05, 3.63) is 66.0 Å². The molecule has 3 N–H and O–H groups in total. The summed E-state index contributed by atoms with van der Waals surface area (Å²) in [6.07, 6.45) is 3.26. The Labute approximate surface area is 121 Å². The van der Waals surface area contributed by atoms with Gasteiger partial charge in [0.05, 0.1) is 11.0 Å². The number of amides is 1. The van der Waals surface area contributed by atoms with Gasteiger partial charge in [0.15, 0.2) is 0 Å². The summed E-state index contributed by atoms with van der Waals surface area (Å²) in [5, 5.41) is 2.85. The molecule has 5 nitrogen and oxygen atoms in total. The topological polar surface area (TPSA) is 80.9 Å². The summed E-state index contributed by atoms with van der Waals surface area (Å²) in [4.78, 5) is 20.6. The SMILES string of the molecule is NCc1ccc(C(=O)Nc2ccc3nccnc3c2)cc1. The molecule has 104 valence electrons. The Balaban J connectivity index is 1.81. The Bertz CT molecular complexity index is 784.